The predicted molar refractivity (Wildman–Crippen MR) is 129 cm³/mol. The Morgan fingerprint density at radius 3 is 2.67 bits per heavy atom. The van der Waals surface area contributed by atoms with Crippen LogP contribution in [-0.4, -0.2) is 56.6 Å². The third-order valence-electron chi connectivity index (χ3n) is 5.67. The van der Waals surface area contributed by atoms with Gasteiger partial charge in [-0.05, 0) is 33.5 Å². The van der Waals surface area contributed by atoms with Gasteiger partial charge in [0, 0.05) is 12.1 Å². The third-order valence-corrected chi connectivity index (χ3v) is 5.67. The fourth-order valence-corrected chi connectivity index (χ4v) is 3.97. The molecule has 0 saturated heterocycles. The number of nitrogens with zero attached hydrogens (tertiary/aromatic N) is 5. The van der Waals surface area contributed by atoms with Crippen molar-refractivity contribution in [3.8, 4) is 0 Å². The van der Waals surface area contributed by atoms with Crippen LogP contribution in [-0.2, 0) is 12.1 Å². The molecule has 0 spiro atoms. The lowest BCUT2D eigenvalue weighted by Gasteiger charge is -2.34. The average molecular weight is 473 g/mol. The molecule has 3 N–H and O–H groups in total. The smallest absolute Gasteiger partial charge is 0.319 e. The summed E-state index contributed by atoms with van der Waals surface area (Å²) in [6.07, 6.45) is 2.34. The Hall–Kier alpha value is -3.18. The number of halogens is 1. The van der Waals surface area contributed by atoms with E-state index in [1.54, 1.807) is 4.90 Å². The van der Waals surface area contributed by atoms with Gasteiger partial charge in [-0.3, -0.25) is 5.10 Å². The van der Waals surface area contributed by atoms with Gasteiger partial charge in [0.05, 0.1) is 30.0 Å². The molecule has 0 fully saturated rings. The molecular weight excluding hydrogens is 443 g/mol. The van der Waals surface area contributed by atoms with Crippen LogP contribution in [0, 0.1) is 5.82 Å². The topological polar surface area (TPSA) is 102 Å². The van der Waals surface area contributed by atoms with Crippen molar-refractivity contribution < 1.29 is 9.18 Å². The van der Waals surface area contributed by atoms with Crippen LogP contribution in [0.15, 0.2) is 42.9 Å². The largest absolute Gasteiger partial charge is 0.330 e. The second-order valence-corrected chi connectivity index (χ2v) is 8.59. The van der Waals surface area contributed by atoms with E-state index < -0.39 is 11.4 Å². The quantitative estimate of drug-likeness (QED) is 0.509. The van der Waals surface area contributed by atoms with Gasteiger partial charge in [0.25, 0.3) is 0 Å². The molecule has 1 aromatic carbocycles. The molecule has 1 atom stereocenters. The molecule has 0 bridgehead atoms. The first-order valence-corrected chi connectivity index (χ1v) is 10.4. The first kappa shape index (κ1) is 24.5. The lowest BCUT2D eigenvalue weighted by Crippen LogP contribution is -2.48. The van der Waals surface area contributed by atoms with Crippen LogP contribution in [0.1, 0.15) is 36.7 Å². The maximum atomic E-state index is 14.0. The lowest BCUT2D eigenvalue weighted by molar-refractivity contribution is 0.138. The van der Waals surface area contributed by atoms with E-state index in [-0.39, 0.29) is 31.4 Å². The Balaban J connectivity index is 0.00000306. The molecule has 0 saturated carbocycles. The van der Waals surface area contributed by atoms with Crippen LogP contribution >= 0.6 is 13.5 Å². The highest BCUT2D eigenvalue weighted by Gasteiger charge is 2.44. The fraction of sp³-hybridized carbons (Fsp3) is 0.364. The summed E-state index contributed by atoms with van der Waals surface area (Å²) in [5, 5.41) is 13.4. The van der Waals surface area contributed by atoms with Crippen molar-refractivity contribution in [3.63, 3.8) is 0 Å². The number of H-pyrrole nitrogens is 1. The maximum Gasteiger partial charge on any atom is 0.319 e. The van der Waals surface area contributed by atoms with Gasteiger partial charge < -0.3 is 20.4 Å². The third kappa shape index (κ3) is 4.93. The summed E-state index contributed by atoms with van der Waals surface area (Å²) < 4.78 is 14.0. The van der Waals surface area contributed by atoms with Crippen molar-refractivity contribution in [2.45, 2.75) is 32.0 Å². The minimum Gasteiger partial charge on any atom is -0.330 e. The number of urea groups is 1. The Morgan fingerprint density at radius 1 is 1.27 bits per heavy atom. The number of aromatic amines is 1. The zero-order valence-electron chi connectivity index (χ0n) is 19.1. The van der Waals surface area contributed by atoms with Crippen molar-refractivity contribution in [2.75, 3.05) is 26.0 Å². The Labute approximate surface area is 199 Å². The molecular formula is C22H29FN8OS. The molecule has 1 aliphatic rings. The van der Waals surface area contributed by atoms with Crippen molar-refractivity contribution >= 4 is 31.2 Å². The van der Waals surface area contributed by atoms with Gasteiger partial charge in [-0.15, -0.1) is 0 Å². The monoisotopic (exact) mass is 472 g/mol. The number of rotatable bonds is 6. The highest BCUT2D eigenvalue weighted by Crippen LogP contribution is 2.41. The molecule has 0 aliphatic carbocycles. The molecule has 33 heavy (non-hydrogen) atoms. The second-order valence-electron chi connectivity index (χ2n) is 8.59. The number of benzene rings is 1. The van der Waals surface area contributed by atoms with E-state index in [1.165, 1.54) is 6.33 Å². The summed E-state index contributed by atoms with van der Waals surface area (Å²) in [5.74, 6) is -0.107. The number of carbonyl (C=O) groups excluding carboxylic acids is 1. The summed E-state index contributed by atoms with van der Waals surface area (Å²) in [4.78, 5) is 24.7. The van der Waals surface area contributed by atoms with Gasteiger partial charge in [-0.25, -0.2) is 19.2 Å². The van der Waals surface area contributed by atoms with Crippen LogP contribution in [0.25, 0.3) is 0 Å². The standard InChI is InChI=1S/C22H27FN8O.H2S/c1-22(2)18-15(19(29-28-18)27-20-16(23)10-24-13-25-20)11-31(22)21(32)26-17(12-30(3)4)14-8-6-5-7-9-14;/h5-10,13,17H,11-12H2,1-4H3,(H,26,32)(H2,24,25,27,28,29);1H2/t17-;/m1./s1. The van der Waals surface area contributed by atoms with Crippen molar-refractivity contribution in [1.29, 1.82) is 0 Å². The minimum atomic E-state index is -0.629. The number of nitrogens with one attached hydrogen (secondary N) is 3. The second kappa shape index (κ2) is 9.75. The highest BCUT2D eigenvalue weighted by atomic mass is 32.1. The predicted octanol–water partition coefficient (Wildman–Crippen LogP) is 3.26. The summed E-state index contributed by atoms with van der Waals surface area (Å²) in [6.45, 7) is 4.89. The van der Waals surface area contributed by atoms with Crippen LogP contribution in [0.4, 0.5) is 20.8 Å². The van der Waals surface area contributed by atoms with Gasteiger partial charge in [-0.1, -0.05) is 30.3 Å². The Bertz CT molecular complexity index is 1100. The number of likely N-dealkylation sites (N-methyl/N-ethyl adjacent to an activating group) is 1. The number of carbonyl (C=O) groups is 1. The zero-order valence-corrected chi connectivity index (χ0v) is 20.1. The first-order valence-electron chi connectivity index (χ1n) is 10.4. The maximum absolute atomic E-state index is 14.0. The average Bonchev–Trinajstić information content (AvgIpc) is 3.27. The number of hydrogen-bond donors (Lipinski definition) is 3. The fourth-order valence-electron chi connectivity index (χ4n) is 3.97. The van der Waals surface area contributed by atoms with Gasteiger partial charge in [-0.2, -0.15) is 18.6 Å². The van der Waals surface area contributed by atoms with E-state index in [9.17, 15) is 9.18 Å². The molecule has 1 aliphatic heterocycles. The molecule has 4 rings (SSSR count). The first-order chi connectivity index (χ1) is 15.3. The molecule has 176 valence electrons. The summed E-state index contributed by atoms with van der Waals surface area (Å²) in [7, 11) is 3.95. The van der Waals surface area contributed by atoms with Gasteiger partial charge in [0.1, 0.15) is 6.33 Å². The number of aromatic nitrogens is 4. The molecule has 9 nitrogen and oxygen atoms in total. The SMILES string of the molecule is CN(C)C[C@@H](NC(=O)N1Cc2c(Nc3ncncc3F)n[nH]c2C1(C)C)c1ccccc1.S. The number of amides is 2. The van der Waals surface area contributed by atoms with Crippen molar-refractivity contribution in [3.05, 3.63) is 65.5 Å². The van der Waals surface area contributed by atoms with E-state index in [2.05, 4.69) is 30.8 Å². The molecule has 11 heteroatoms. The molecule has 0 unspecified atom stereocenters. The van der Waals surface area contributed by atoms with Crippen LogP contribution < -0.4 is 10.6 Å². The summed E-state index contributed by atoms with van der Waals surface area (Å²) in [5.41, 5.74) is 2.00. The summed E-state index contributed by atoms with van der Waals surface area (Å²) >= 11 is 0. The minimum absolute atomic E-state index is 0. The van der Waals surface area contributed by atoms with E-state index in [0.717, 1.165) is 23.0 Å². The number of anilines is 2. The van der Waals surface area contributed by atoms with Gasteiger partial charge in [0.15, 0.2) is 17.5 Å². The van der Waals surface area contributed by atoms with E-state index >= 15 is 0 Å². The number of hydrogen-bond acceptors (Lipinski definition) is 6. The van der Waals surface area contributed by atoms with Crippen molar-refractivity contribution in [2.24, 2.45) is 0 Å². The lowest BCUT2D eigenvalue weighted by atomic mass is 10.0. The Kier molecular flexibility index (Phi) is 7.23. The van der Waals surface area contributed by atoms with Crippen LogP contribution in [0.5, 0.6) is 0 Å². The molecule has 2 amide bonds. The molecule has 3 heterocycles. The van der Waals surface area contributed by atoms with Gasteiger partial charge in [0.2, 0.25) is 0 Å². The van der Waals surface area contributed by atoms with Crippen LogP contribution in [0.3, 0.4) is 0 Å². The zero-order chi connectivity index (χ0) is 22.9. The van der Waals surface area contributed by atoms with E-state index in [1.807, 2.05) is 63.2 Å². The normalized spacial score (nSPS) is 15.0. The van der Waals surface area contributed by atoms with E-state index in [0.29, 0.717) is 18.9 Å². The van der Waals surface area contributed by atoms with Crippen molar-refractivity contribution in [1.82, 2.24) is 35.3 Å². The molecule has 0 radical (unpaired) electrons. The highest BCUT2D eigenvalue weighted by molar-refractivity contribution is 7.59. The Morgan fingerprint density at radius 2 is 2.00 bits per heavy atom. The van der Waals surface area contributed by atoms with Crippen LogP contribution in [0.2, 0.25) is 0 Å². The molecule has 2 aromatic heterocycles. The summed E-state index contributed by atoms with van der Waals surface area (Å²) in [6, 6.07) is 9.54. The van der Waals surface area contributed by atoms with Gasteiger partial charge >= 0.3 is 6.03 Å². The van der Waals surface area contributed by atoms with E-state index in [4.69, 9.17) is 0 Å². The molecule has 3 aromatic rings. The number of fused-ring (bicyclic) bond motifs is 1.